The topological polar surface area (TPSA) is 237 Å². The number of unbranched alkanes of at least 4 members (excludes halogenated alkanes) is 24. The van der Waals surface area contributed by atoms with E-state index >= 15 is 0 Å². The van der Waals surface area contributed by atoms with Crippen molar-refractivity contribution in [2.75, 3.05) is 39.6 Å². The smallest absolute Gasteiger partial charge is 0.462 e. The molecule has 0 aliphatic heterocycles. The lowest BCUT2D eigenvalue weighted by Crippen LogP contribution is -2.30. The number of carbonyl (C=O) groups excluding carboxylic acids is 4. The number of ether oxygens (including phenoxy) is 4. The van der Waals surface area contributed by atoms with Crippen LogP contribution in [0.4, 0.5) is 0 Å². The highest BCUT2D eigenvalue weighted by Crippen LogP contribution is 2.45. The van der Waals surface area contributed by atoms with Gasteiger partial charge in [-0.3, -0.25) is 37.3 Å². The van der Waals surface area contributed by atoms with Crippen molar-refractivity contribution in [3.05, 3.63) is 146 Å². The summed E-state index contributed by atoms with van der Waals surface area (Å²) in [6.07, 6.45) is 87.2. The second kappa shape index (κ2) is 76.1. The molecule has 0 saturated heterocycles. The van der Waals surface area contributed by atoms with Gasteiger partial charge >= 0.3 is 39.5 Å². The molecule has 0 aromatic rings. The highest BCUT2D eigenvalue weighted by molar-refractivity contribution is 7.47. The predicted molar refractivity (Wildman–Crippen MR) is 427 cm³/mol. The second-order valence-corrected chi connectivity index (χ2v) is 29.2. The summed E-state index contributed by atoms with van der Waals surface area (Å²) in [4.78, 5) is 72.9. The third-order valence-electron chi connectivity index (χ3n) is 16.4. The minimum atomic E-state index is -5.00. The van der Waals surface area contributed by atoms with Crippen LogP contribution in [0.1, 0.15) is 310 Å². The molecular weight excluding hydrogens is 1350 g/mol. The highest BCUT2D eigenvalue weighted by Gasteiger charge is 2.30. The first-order chi connectivity index (χ1) is 50.7. The van der Waals surface area contributed by atoms with E-state index in [0.29, 0.717) is 38.5 Å². The van der Waals surface area contributed by atoms with Crippen LogP contribution in [0.5, 0.6) is 0 Å². The summed E-state index contributed by atoms with van der Waals surface area (Å²) >= 11 is 0. The summed E-state index contributed by atoms with van der Waals surface area (Å²) in [5, 5.41) is 10.6. The monoisotopic (exact) mass is 1500 g/mol. The number of esters is 4. The summed E-state index contributed by atoms with van der Waals surface area (Å²) in [7, 11) is -10.00. The minimum absolute atomic E-state index is 0.0334. The largest absolute Gasteiger partial charge is 0.472 e. The van der Waals surface area contributed by atoms with Crippen molar-refractivity contribution in [1.82, 2.24) is 0 Å². The molecule has 19 heteroatoms. The number of carbonyl (C=O) groups is 4. The van der Waals surface area contributed by atoms with Crippen LogP contribution in [0, 0.1) is 0 Å². The van der Waals surface area contributed by atoms with E-state index in [4.69, 9.17) is 37.0 Å². The lowest BCUT2D eigenvalue weighted by Gasteiger charge is -2.21. The van der Waals surface area contributed by atoms with Gasteiger partial charge in [-0.2, -0.15) is 0 Å². The Kier molecular flexibility index (Phi) is 72.4. The quantitative estimate of drug-likeness (QED) is 0.0169. The van der Waals surface area contributed by atoms with Crippen molar-refractivity contribution in [3.63, 3.8) is 0 Å². The average Bonchev–Trinajstić information content (AvgIpc) is 0.931. The van der Waals surface area contributed by atoms with Crippen molar-refractivity contribution in [2.45, 2.75) is 329 Å². The van der Waals surface area contributed by atoms with Gasteiger partial charge in [-0.05, 0) is 103 Å². The summed E-state index contributed by atoms with van der Waals surface area (Å²) in [5.74, 6) is -2.37. The van der Waals surface area contributed by atoms with Crippen LogP contribution in [0.2, 0.25) is 0 Å². The maximum Gasteiger partial charge on any atom is 0.472 e. The summed E-state index contributed by atoms with van der Waals surface area (Å²) < 4.78 is 68.4. The number of hydrogen-bond donors (Lipinski definition) is 3. The fourth-order valence-corrected chi connectivity index (χ4v) is 11.9. The average molecular weight is 1500 g/mol. The van der Waals surface area contributed by atoms with E-state index in [-0.39, 0.29) is 25.7 Å². The predicted octanol–water partition coefficient (Wildman–Crippen LogP) is 23.4. The van der Waals surface area contributed by atoms with Gasteiger partial charge in [-0.15, -0.1) is 0 Å². The van der Waals surface area contributed by atoms with Crippen molar-refractivity contribution < 1.29 is 80.2 Å². The van der Waals surface area contributed by atoms with Gasteiger partial charge < -0.3 is 33.8 Å². The minimum Gasteiger partial charge on any atom is -0.462 e. The van der Waals surface area contributed by atoms with E-state index in [0.717, 1.165) is 116 Å². The van der Waals surface area contributed by atoms with Gasteiger partial charge in [0.25, 0.3) is 0 Å². The molecular formula is C85H142O17P2. The van der Waals surface area contributed by atoms with Crippen LogP contribution in [0.25, 0.3) is 0 Å². The van der Waals surface area contributed by atoms with E-state index in [9.17, 15) is 43.2 Å². The molecule has 5 atom stereocenters. The van der Waals surface area contributed by atoms with Crippen LogP contribution in [0.15, 0.2) is 146 Å². The Morgan fingerprint density at radius 1 is 0.279 bits per heavy atom. The molecule has 0 aromatic heterocycles. The number of rotatable bonds is 74. The summed E-state index contributed by atoms with van der Waals surface area (Å²) in [6, 6.07) is 0. The first kappa shape index (κ1) is 98.9. The third kappa shape index (κ3) is 75.2. The van der Waals surface area contributed by atoms with Crippen LogP contribution < -0.4 is 0 Å². The molecule has 0 radical (unpaired) electrons. The molecule has 3 N–H and O–H groups in total. The molecule has 0 aromatic carbocycles. The van der Waals surface area contributed by atoms with E-state index in [1.165, 1.54) is 103 Å². The lowest BCUT2D eigenvalue weighted by atomic mass is 10.0. The van der Waals surface area contributed by atoms with Crippen molar-refractivity contribution in [1.29, 1.82) is 0 Å². The maximum absolute atomic E-state index is 13.1. The van der Waals surface area contributed by atoms with Crippen LogP contribution in [-0.4, -0.2) is 96.7 Å². The van der Waals surface area contributed by atoms with Gasteiger partial charge in [0.15, 0.2) is 12.2 Å². The summed E-state index contributed by atoms with van der Waals surface area (Å²) in [5.41, 5.74) is 0. The van der Waals surface area contributed by atoms with E-state index < -0.39 is 97.5 Å². The van der Waals surface area contributed by atoms with Crippen molar-refractivity contribution in [3.8, 4) is 0 Å². The normalized spacial score (nSPS) is 14.6. The lowest BCUT2D eigenvalue weighted by molar-refractivity contribution is -0.161. The van der Waals surface area contributed by atoms with Crippen LogP contribution in [-0.2, 0) is 65.4 Å². The van der Waals surface area contributed by atoms with Crippen LogP contribution >= 0.6 is 15.6 Å². The Morgan fingerprint density at radius 2 is 0.500 bits per heavy atom. The Morgan fingerprint density at radius 3 is 0.750 bits per heavy atom. The standard InChI is InChI=1S/C85H142O17P2/c1-5-9-13-17-21-25-29-32-35-37-39-41-44-46-50-53-57-61-65-69-82(87)95-75-80(101-84(89)71-67-63-59-55-49-28-24-20-16-12-8-4)77-99-103(91,92)97-73-79(86)74-98-104(93,94)100-78-81(102-85(90)72-68-64-60-56-52-48-43-34-31-27-23-19-15-11-7-3)76-96-83(88)70-66-62-58-54-51-47-45-42-40-38-36-33-30-26-22-18-14-10-6-2/h9-10,13-14,21-22,25-26,32-33,35-36,39-42,46-47,50-51,57-58,61-62,79-81,86H,5-8,11-12,15-20,23-24,27-31,34,37-38,43-45,48-49,52-56,59-60,63-78H2,1-4H3,(H,91,92)(H,93,94)/b13-9-,14-10-,25-21-,26-22-,35-32-,36-33-,41-39-,42-40-,50-46-,51-47-,61-57-,62-58-. The fraction of sp³-hybridized carbons (Fsp3) is 0.671. The van der Waals surface area contributed by atoms with Gasteiger partial charge in [0, 0.05) is 25.7 Å². The summed E-state index contributed by atoms with van der Waals surface area (Å²) in [6.45, 7) is 4.48. The number of allylic oxidation sites excluding steroid dienone is 24. The Hall–Kier alpha value is -5.06. The first-order valence-electron chi connectivity index (χ1n) is 40.1. The number of phosphoric acid groups is 2. The molecule has 0 aliphatic carbocycles. The zero-order chi connectivity index (χ0) is 76.0. The fourth-order valence-electron chi connectivity index (χ4n) is 10.3. The number of aliphatic hydroxyl groups is 1. The molecule has 0 rings (SSSR count). The molecule has 0 saturated carbocycles. The molecule has 0 bridgehead atoms. The number of phosphoric ester groups is 2. The number of aliphatic hydroxyl groups excluding tert-OH is 1. The van der Waals surface area contributed by atoms with Gasteiger partial charge in [-0.1, -0.05) is 328 Å². The maximum atomic E-state index is 13.1. The van der Waals surface area contributed by atoms with E-state index in [1.807, 2.05) is 36.5 Å². The first-order valence-corrected chi connectivity index (χ1v) is 43.1. The van der Waals surface area contributed by atoms with E-state index in [2.05, 4.69) is 137 Å². The number of hydrogen-bond acceptors (Lipinski definition) is 15. The molecule has 594 valence electrons. The zero-order valence-electron chi connectivity index (χ0n) is 64.9. The van der Waals surface area contributed by atoms with Crippen molar-refractivity contribution >= 4 is 39.5 Å². The second-order valence-electron chi connectivity index (χ2n) is 26.3. The molecule has 5 unspecified atom stereocenters. The molecule has 0 spiro atoms. The molecule has 0 fully saturated rings. The van der Waals surface area contributed by atoms with Crippen LogP contribution in [0.3, 0.4) is 0 Å². The van der Waals surface area contributed by atoms with Gasteiger partial charge in [0.1, 0.15) is 19.3 Å². The highest BCUT2D eigenvalue weighted by atomic mass is 31.2. The molecule has 104 heavy (non-hydrogen) atoms. The third-order valence-corrected chi connectivity index (χ3v) is 18.3. The molecule has 17 nitrogen and oxygen atoms in total. The van der Waals surface area contributed by atoms with Gasteiger partial charge in [-0.25, -0.2) is 9.13 Å². The SMILES string of the molecule is CC/C=C\C/C=C\C/C=C\C/C=C\C/C=C\C/C=C\CCC(=O)OCC(COP(=O)(O)OCC(O)COP(=O)(O)OCC(COC(=O)CC/C=C\C/C=C\C/C=C\C/C=C\C/C=C\C/C=C\CC)OC(=O)CCCCCCCCCCCCCCCCC)OC(=O)CCCCCCCCCCCCC. The van der Waals surface area contributed by atoms with Gasteiger partial charge in [0.2, 0.25) is 0 Å². The molecule has 0 heterocycles. The Balaban J connectivity index is 5.44. The zero-order valence-corrected chi connectivity index (χ0v) is 66.7. The Bertz CT molecular complexity index is 2540. The van der Waals surface area contributed by atoms with Gasteiger partial charge in [0.05, 0.1) is 26.4 Å². The van der Waals surface area contributed by atoms with Crippen molar-refractivity contribution in [2.24, 2.45) is 0 Å². The molecule has 0 aliphatic rings. The molecule has 0 amide bonds. The Labute approximate surface area is 630 Å². The van der Waals surface area contributed by atoms with E-state index in [1.54, 1.807) is 0 Å².